The molecule has 2 aliphatic heterocycles. The van der Waals surface area contributed by atoms with Crippen molar-refractivity contribution in [2.24, 2.45) is 5.92 Å². The van der Waals surface area contributed by atoms with E-state index in [0.717, 1.165) is 5.75 Å². The molecule has 3 aromatic rings. The first-order chi connectivity index (χ1) is 18.6. The summed E-state index contributed by atoms with van der Waals surface area (Å²) in [6.07, 6.45) is 2.50. The number of nitro groups is 1. The van der Waals surface area contributed by atoms with Gasteiger partial charge in [-0.15, -0.1) is 5.10 Å². The van der Waals surface area contributed by atoms with Crippen LogP contribution in [0.25, 0.3) is 0 Å². The summed E-state index contributed by atoms with van der Waals surface area (Å²) in [5, 5.41) is 33.3. The predicted molar refractivity (Wildman–Crippen MR) is 147 cm³/mol. The maximum Gasteiger partial charge on any atom is 0.269 e. The molecule has 1 spiro atoms. The third-order valence-corrected chi connectivity index (χ3v) is 12.7. The van der Waals surface area contributed by atoms with E-state index >= 15 is 0 Å². The second-order valence-electron chi connectivity index (χ2n) is 10.8. The maximum atomic E-state index is 13.7. The molecule has 0 radical (unpaired) electrons. The molecule has 0 unspecified atom stereocenters. The molecule has 1 amide bonds. The van der Waals surface area contributed by atoms with Crippen LogP contribution in [-0.4, -0.2) is 58.8 Å². The van der Waals surface area contributed by atoms with Crippen molar-refractivity contribution in [1.29, 1.82) is 0 Å². The van der Waals surface area contributed by atoms with Gasteiger partial charge in [0.1, 0.15) is 5.75 Å². The Hall–Kier alpha value is -3.61. The lowest BCUT2D eigenvalue weighted by atomic mass is 9.82. The second kappa shape index (κ2) is 10.2. The minimum Gasteiger partial charge on any atom is -0.497 e. The van der Waals surface area contributed by atoms with Crippen molar-refractivity contribution in [3.05, 3.63) is 70.0 Å². The molecule has 1 saturated heterocycles. The van der Waals surface area contributed by atoms with E-state index in [1.165, 1.54) is 17.3 Å². The van der Waals surface area contributed by atoms with Crippen molar-refractivity contribution in [3.8, 4) is 5.75 Å². The zero-order chi connectivity index (χ0) is 27.9. The van der Waals surface area contributed by atoms with Gasteiger partial charge in [0.2, 0.25) is 0 Å². The summed E-state index contributed by atoms with van der Waals surface area (Å²) in [5.41, 5.74) is 0.361. The summed E-state index contributed by atoms with van der Waals surface area (Å²) in [6, 6.07) is 12.5. The van der Waals surface area contributed by atoms with Crippen molar-refractivity contribution in [3.63, 3.8) is 0 Å². The summed E-state index contributed by atoms with van der Waals surface area (Å²) in [6.45, 7) is 7.10. The molecule has 4 atom stereocenters. The number of fused-ring (bicyclic) bond motifs is 2. The number of hydrogen-bond acceptors (Lipinski definition) is 8. The highest BCUT2D eigenvalue weighted by Crippen LogP contribution is 2.59. The van der Waals surface area contributed by atoms with Gasteiger partial charge in [0, 0.05) is 55.1 Å². The molecule has 39 heavy (non-hydrogen) atoms. The second-order valence-corrected chi connectivity index (χ2v) is 15.5. The highest BCUT2D eigenvalue weighted by atomic mass is 28.3. The number of anilines is 1. The highest BCUT2D eigenvalue weighted by Gasteiger charge is 2.64. The smallest absolute Gasteiger partial charge is 0.269 e. The van der Waals surface area contributed by atoms with Gasteiger partial charge in [-0.3, -0.25) is 19.6 Å². The lowest BCUT2D eigenvalue weighted by molar-refractivity contribution is -0.385. The molecule has 2 aromatic carbocycles. The van der Waals surface area contributed by atoms with E-state index in [-0.39, 0.29) is 35.8 Å². The van der Waals surface area contributed by atoms with E-state index < -0.39 is 18.6 Å². The maximum absolute atomic E-state index is 13.7. The van der Waals surface area contributed by atoms with Crippen molar-refractivity contribution in [2.45, 2.75) is 56.7 Å². The Morgan fingerprint density at radius 1 is 1.26 bits per heavy atom. The molecule has 3 heterocycles. The number of aromatic nitrogens is 3. The molecular formula is C27H33N5O6Si. The van der Waals surface area contributed by atoms with E-state index in [0.29, 0.717) is 36.3 Å². The predicted octanol–water partition coefficient (Wildman–Crippen LogP) is 2.99. The van der Waals surface area contributed by atoms with E-state index in [1.807, 2.05) is 25.3 Å². The Morgan fingerprint density at radius 3 is 2.67 bits per heavy atom. The van der Waals surface area contributed by atoms with Crippen LogP contribution >= 0.6 is 0 Å². The van der Waals surface area contributed by atoms with E-state index in [4.69, 9.17) is 9.47 Å². The fourth-order valence-electron chi connectivity index (χ4n) is 6.44. The van der Waals surface area contributed by atoms with E-state index in [2.05, 4.69) is 40.9 Å². The fourth-order valence-corrected chi connectivity index (χ4v) is 10.5. The third kappa shape index (κ3) is 4.51. The Balaban J connectivity index is 1.55. The quantitative estimate of drug-likeness (QED) is 0.235. The molecule has 0 aliphatic carbocycles. The van der Waals surface area contributed by atoms with Gasteiger partial charge in [0.15, 0.2) is 5.60 Å². The van der Waals surface area contributed by atoms with Crippen LogP contribution in [0.1, 0.15) is 24.6 Å². The topological polar surface area (TPSA) is 142 Å². The summed E-state index contributed by atoms with van der Waals surface area (Å²) in [5.74, 6) is 0.229. The third-order valence-electron chi connectivity index (χ3n) is 8.38. The number of nitrogens with zero attached hydrogens (tertiary/aromatic N) is 4. The van der Waals surface area contributed by atoms with Gasteiger partial charge in [0.05, 0.1) is 31.9 Å². The number of methoxy groups -OCH3 is 1. The largest absolute Gasteiger partial charge is 0.497 e. The number of nitro benzene ring substituents is 1. The van der Waals surface area contributed by atoms with Crippen LogP contribution in [0.5, 0.6) is 5.75 Å². The first-order valence-corrected chi connectivity index (χ1v) is 16.1. The fraction of sp³-hybridized carbons (Fsp3) is 0.444. The molecule has 5 rings (SSSR count). The van der Waals surface area contributed by atoms with Crippen LogP contribution in [0.4, 0.5) is 11.4 Å². The molecule has 0 saturated carbocycles. The number of aliphatic hydroxyl groups is 1. The molecular weight excluding hydrogens is 518 g/mol. The normalized spacial score (nSPS) is 24.1. The molecule has 206 valence electrons. The number of hydrogen-bond donors (Lipinski definition) is 2. The van der Waals surface area contributed by atoms with Crippen LogP contribution in [-0.2, 0) is 28.1 Å². The van der Waals surface area contributed by atoms with Crippen LogP contribution in [0, 0.1) is 16.0 Å². The number of amides is 1. The SMILES string of the molecule is COc1ccc([Si](C)(C)[C@@H]2[C@@H](CCn3cc(CCO)nn3)O[C@]3(C(=O)Nc4ccc([N+](=O)[O-])cc43)[C@H]2C)cc1. The number of ether oxygens (including phenoxy) is 2. The van der Waals surface area contributed by atoms with E-state index in [9.17, 15) is 20.0 Å². The lowest BCUT2D eigenvalue weighted by Gasteiger charge is -2.37. The number of aryl methyl sites for hydroxylation is 1. The molecule has 2 N–H and O–H groups in total. The summed E-state index contributed by atoms with van der Waals surface area (Å²) in [7, 11) is -0.672. The van der Waals surface area contributed by atoms with Gasteiger partial charge in [-0.05, 0) is 30.2 Å². The van der Waals surface area contributed by atoms with Crippen LogP contribution in [0.15, 0.2) is 48.7 Å². The van der Waals surface area contributed by atoms with Gasteiger partial charge in [-0.1, -0.05) is 42.6 Å². The molecule has 12 heteroatoms. The number of non-ortho nitro benzene ring substituents is 1. The Kier molecular flexibility index (Phi) is 7.03. The average molecular weight is 552 g/mol. The highest BCUT2D eigenvalue weighted by molar-refractivity contribution is 6.91. The molecule has 0 bridgehead atoms. The van der Waals surface area contributed by atoms with Crippen LogP contribution in [0.3, 0.4) is 0 Å². The van der Waals surface area contributed by atoms with Crippen molar-refractivity contribution in [1.82, 2.24) is 15.0 Å². The summed E-state index contributed by atoms with van der Waals surface area (Å²) in [4.78, 5) is 24.9. The lowest BCUT2D eigenvalue weighted by Crippen LogP contribution is -2.51. The first-order valence-electron chi connectivity index (χ1n) is 13.0. The minimum atomic E-state index is -2.31. The first kappa shape index (κ1) is 27.0. The Bertz CT molecular complexity index is 1390. The molecule has 1 fully saturated rings. The molecule has 2 aliphatic rings. The standard InChI is InChI=1S/C27H33N5O6Si/c1-17-25(39(3,4)21-8-6-20(37-2)7-9-21)24(11-13-31-16-18(12-14-33)29-30-31)38-27(17)22-15-19(32(35)36)5-10-23(22)28-26(27)34/h5-10,15-17,24-25,33H,11-14H2,1-4H3,(H,28,34)/t17-,24+,25-,27+/m0/s1. The minimum absolute atomic E-state index is 0.00212. The van der Waals surface area contributed by atoms with Crippen molar-refractivity contribution < 1.29 is 24.3 Å². The van der Waals surface area contributed by atoms with Gasteiger partial charge >= 0.3 is 0 Å². The van der Waals surface area contributed by atoms with Gasteiger partial charge in [-0.2, -0.15) is 0 Å². The molecule has 1 aromatic heterocycles. The zero-order valence-corrected chi connectivity index (χ0v) is 23.5. The number of carbonyl (C=O) groups excluding carboxylic acids is 1. The van der Waals surface area contributed by atoms with Gasteiger partial charge in [-0.25, -0.2) is 0 Å². The number of nitrogens with one attached hydrogen (secondary N) is 1. The van der Waals surface area contributed by atoms with Crippen molar-refractivity contribution >= 4 is 30.5 Å². The van der Waals surface area contributed by atoms with Gasteiger partial charge < -0.3 is 19.9 Å². The Labute approximate surface area is 227 Å². The number of benzene rings is 2. The number of carbonyl (C=O) groups is 1. The van der Waals surface area contributed by atoms with Gasteiger partial charge in [0.25, 0.3) is 11.6 Å². The monoisotopic (exact) mass is 551 g/mol. The van der Waals surface area contributed by atoms with E-state index in [1.54, 1.807) is 17.9 Å². The summed E-state index contributed by atoms with van der Waals surface area (Å²) >= 11 is 0. The van der Waals surface area contributed by atoms with Crippen LogP contribution in [0.2, 0.25) is 18.6 Å². The van der Waals surface area contributed by atoms with Crippen molar-refractivity contribution in [2.75, 3.05) is 19.0 Å². The number of aliphatic hydroxyl groups excluding tert-OH is 1. The average Bonchev–Trinajstić information content (AvgIpc) is 3.57. The molecule has 11 nitrogen and oxygen atoms in total. The summed E-state index contributed by atoms with van der Waals surface area (Å²) < 4.78 is 13.9. The zero-order valence-electron chi connectivity index (χ0n) is 22.5. The Morgan fingerprint density at radius 2 is 2.00 bits per heavy atom. The van der Waals surface area contributed by atoms with Crippen LogP contribution < -0.4 is 15.2 Å². The number of rotatable bonds is 9.